The van der Waals surface area contributed by atoms with Gasteiger partial charge in [0.05, 0.1) is 12.7 Å². The SMILES string of the molecule is CC(C)Oc1ccccc1C[C@@](O)(c1ccccc1)[C@@H]1CN(Cc2ccccc2)CCO1. The Hall–Kier alpha value is -2.66. The van der Waals surface area contributed by atoms with Crippen molar-refractivity contribution in [1.82, 2.24) is 4.90 Å². The number of rotatable bonds is 8. The number of para-hydroxylation sites is 1. The minimum absolute atomic E-state index is 0.0632. The van der Waals surface area contributed by atoms with Crippen molar-refractivity contribution >= 4 is 0 Å². The molecule has 4 nitrogen and oxygen atoms in total. The Morgan fingerprint density at radius 3 is 2.34 bits per heavy atom. The van der Waals surface area contributed by atoms with E-state index in [0.717, 1.165) is 30.0 Å². The summed E-state index contributed by atoms with van der Waals surface area (Å²) in [4.78, 5) is 2.37. The van der Waals surface area contributed by atoms with Crippen LogP contribution in [0.25, 0.3) is 0 Å². The Morgan fingerprint density at radius 2 is 1.62 bits per heavy atom. The van der Waals surface area contributed by atoms with Gasteiger partial charge < -0.3 is 14.6 Å². The van der Waals surface area contributed by atoms with E-state index in [4.69, 9.17) is 9.47 Å². The molecular formula is C28H33NO3. The number of nitrogens with zero attached hydrogens (tertiary/aromatic N) is 1. The van der Waals surface area contributed by atoms with Crippen molar-refractivity contribution in [2.24, 2.45) is 0 Å². The van der Waals surface area contributed by atoms with E-state index >= 15 is 0 Å². The third kappa shape index (κ3) is 5.39. The molecule has 32 heavy (non-hydrogen) atoms. The highest BCUT2D eigenvalue weighted by molar-refractivity contribution is 5.37. The van der Waals surface area contributed by atoms with Gasteiger partial charge >= 0.3 is 0 Å². The van der Waals surface area contributed by atoms with Gasteiger partial charge in [-0.3, -0.25) is 4.90 Å². The van der Waals surface area contributed by atoms with Gasteiger partial charge in [0.25, 0.3) is 0 Å². The van der Waals surface area contributed by atoms with Crippen molar-refractivity contribution in [2.45, 2.75) is 44.6 Å². The Kier molecular flexibility index (Phi) is 7.26. The second-order valence-corrected chi connectivity index (χ2v) is 8.82. The summed E-state index contributed by atoms with van der Waals surface area (Å²) in [6.07, 6.45) is 0.131. The molecule has 1 N–H and O–H groups in total. The molecular weight excluding hydrogens is 398 g/mol. The van der Waals surface area contributed by atoms with Crippen LogP contribution in [-0.2, 0) is 23.3 Å². The lowest BCUT2D eigenvalue weighted by Gasteiger charge is -2.42. The predicted octanol–water partition coefficient (Wildman–Crippen LogP) is 4.81. The molecule has 3 aromatic carbocycles. The zero-order valence-corrected chi connectivity index (χ0v) is 19.0. The summed E-state index contributed by atoms with van der Waals surface area (Å²) in [5.74, 6) is 0.814. The molecule has 0 amide bonds. The molecule has 0 saturated carbocycles. The lowest BCUT2D eigenvalue weighted by atomic mass is 9.81. The summed E-state index contributed by atoms with van der Waals surface area (Å²) in [7, 11) is 0. The summed E-state index contributed by atoms with van der Waals surface area (Å²) < 4.78 is 12.3. The molecule has 1 fully saturated rings. The Balaban J connectivity index is 1.62. The van der Waals surface area contributed by atoms with Crippen LogP contribution >= 0.6 is 0 Å². The fourth-order valence-electron chi connectivity index (χ4n) is 4.41. The van der Waals surface area contributed by atoms with Crippen LogP contribution in [0.4, 0.5) is 0 Å². The van der Waals surface area contributed by atoms with Crippen molar-refractivity contribution in [2.75, 3.05) is 19.7 Å². The Labute approximate surface area is 191 Å². The molecule has 1 aliphatic heterocycles. The molecule has 0 spiro atoms. The van der Waals surface area contributed by atoms with E-state index in [0.29, 0.717) is 19.6 Å². The van der Waals surface area contributed by atoms with Crippen LogP contribution in [0.15, 0.2) is 84.9 Å². The smallest absolute Gasteiger partial charge is 0.122 e. The first-order chi connectivity index (χ1) is 15.5. The zero-order chi connectivity index (χ0) is 22.4. The molecule has 4 heteroatoms. The molecule has 4 rings (SSSR count). The van der Waals surface area contributed by atoms with Crippen LogP contribution in [0.1, 0.15) is 30.5 Å². The van der Waals surface area contributed by atoms with Crippen LogP contribution in [0, 0.1) is 0 Å². The third-order valence-corrected chi connectivity index (χ3v) is 6.00. The molecule has 1 heterocycles. The summed E-state index contributed by atoms with van der Waals surface area (Å²) in [6.45, 7) is 6.99. The second-order valence-electron chi connectivity index (χ2n) is 8.82. The van der Waals surface area contributed by atoms with Crippen molar-refractivity contribution in [3.05, 3.63) is 102 Å². The van der Waals surface area contributed by atoms with Crippen LogP contribution in [-0.4, -0.2) is 41.9 Å². The van der Waals surface area contributed by atoms with E-state index in [1.54, 1.807) is 0 Å². The molecule has 1 saturated heterocycles. The van der Waals surface area contributed by atoms with Gasteiger partial charge in [0.15, 0.2) is 0 Å². The quantitative estimate of drug-likeness (QED) is 0.556. The van der Waals surface area contributed by atoms with E-state index in [2.05, 4.69) is 29.2 Å². The maximum atomic E-state index is 12.2. The van der Waals surface area contributed by atoms with E-state index in [1.807, 2.05) is 74.5 Å². The number of hydrogen-bond acceptors (Lipinski definition) is 4. The van der Waals surface area contributed by atoms with E-state index in [1.165, 1.54) is 5.56 Å². The standard InChI is InChI=1S/C28H33NO3/c1-22(2)32-26-16-10-9-13-24(26)19-28(30,25-14-7-4-8-15-25)27-21-29(17-18-31-27)20-23-11-5-3-6-12-23/h3-16,22,27,30H,17-21H2,1-2H3/t27-,28+/m0/s1. The first-order valence-electron chi connectivity index (χ1n) is 11.4. The molecule has 0 aromatic heterocycles. The van der Waals surface area contributed by atoms with Gasteiger partial charge in [-0.15, -0.1) is 0 Å². The molecule has 0 aliphatic carbocycles. The summed E-state index contributed by atoms with van der Waals surface area (Å²) in [5.41, 5.74) is 1.95. The summed E-state index contributed by atoms with van der Waals surface area (Å²) in [5, 5.41) is 12.2. The molecule has 1 aliphatic rings. The topological polar surface area (TPSA) is 41.9 Å². The largest absolute Gasteiger partial charge is 0.491 e. The van der Waals surface area contributed by atoms with Gasteiger partial charge in [-0.1, -0.05) is 78.9 Å². The minimum Gasteiger partial charge on any atom is -0.491 e. The maximum absolute atomic E-state index is 12.2. The van der Waals surface area contributed by atoms with Crippen LogP contribution in [0.5, 0.6) is 5.75 Å². The number of morpholine rings is 1. The van der Waals surface area contributed by atoms with Crippen LogP contribution < -0.4 is 4.74 Å². The van der Waals surface area contributed by atoms with E-state index in [-0.39, 0.29) is 12.2 Å². The fraction of sp³-hybridized carbons (Fsp3) is 0.357. The Morgan fingerprint density at radius 1 is 0.969 bits per heavy atom. The second kappa shape index (κ2) is 10.3. The number of aliphatic hydroxyl groups is 1. The highest BCUT2D eigenvalue weighted by atomic mass is 16.5. The lowest BCUT2D eigenvalue weighted by Crippen LogP contribution is -2.53. The molecule has 168 valence electrons. The first-order valence-corrected chi connectivity index (χ1v) is 11.4. The number of ether oxygens (including phenoxy) is 2. The molecule has 3 aromatic rings. The average molecular weight is 432 g/mol. The Bertz CT molecular complexity index is 976. The molecule has 0 radical (unpaired) electrons. The fourth-order valence-corrected chi connectivity index (χ4v) is 4.41. The molecule has 2 atom stereocenters. The monoisotopic (exact) mass is 431 g/mol. The minimum atomic E-state index is -1.17. The third-order valence-electron chi connectivity index (χ3n) is 6.00. The van der Waals surface area contributed by atoms with Gasteiger partial charge in [0.1, 0.15) is 17.5 Å². The number of benzene rings is 3. The average Bonchev–Trinajstić information content (AvgIpc) is 2.81. The van der Waals surface area contributed by atoms with Gasteiger partial charge in [-0.2, -0.15) is 0 Å². The molecule has 0 unspecified atom stereocenters. The molecule has 0 bridgehead atoms. The lowest BCUT2D eigenvalue weighted by molar-refractivity contribution is -0.150. The predicted molar refractivity (Wildman–Crippen MR) is 128 cm³/mol. The number of hydrogen-bond donors (Lipinski definition) is 1. The first kappa shape index (κ1) is 22.5. The van der Waals surface area contributed by atoms with Gasteiger partial charge in [0.2, 0.25) is 0 Å². The van der Waals surface area contributed by atoms with Gasteiger partial charge in [-0.05, 0) is 36.6 Å². The summed E-state index contributed by atoms with van der Waals surface area (Å²) >= 11 is 0. The highest BCUT2D eigenvalue weighted by Gasteiger charge is 2.42. The normalized spacial score (nSPS) is 18.9. The maximum Gasteiger partial charge on any atom is 0.122 e. The zero-order valence-electron chi connectivity index (χ0n) is 19.0. The van der Waals surface area contributed by atoms with Crippen molar-refractivity contribution in [3.63, 3.8) is 0 Å². The van der Waals surface area contributed by atoms with Crippen molar-refractivity contribution in [1.29, 1.82) is 0 Å². The van der Waals surface area contributed by atoms with Gasteiger partial charge in [0, 0.05) is 26.1 Å². The van der Waals surface area contributed by atoms with Gasteiger partial charge in [-0.25, -0.2) is 0 Å². The van der Waals surface area contributed by atoms with E-state index < -0.39 is 5.60 Å². The highest BCUT2D eigenvalue weighted by Crippen LogP contribution is 2.36. The van der Waals surface area contributed by atoms with Crippen LogP contribution in [0.3, 0.4) is 0 Å². The van der Waals surface area contributed by atoms with Crippen molar-refractivity contribution < 1.29 is 14.6 Å². The van der Waals surface area contributed by atoms with Crippen molar-refractivity contribution in [3.8, 4) is 5.75 Å². The van der Waals surface area contributed by atoms with Crippen LogP contribution in [0.2, 0.25) is 0 Å². The van der Waals surface area contributed by atoms with E-state index in [9.17, 15) is 5.11 Å². The summed E-state index contributed by atoms with van der Waals surface area (Å²) in [6, 6.07) is 28.4.